The summed E-state index contributed by atoms with van der Waals surface area (Å²) in [4.78, 5) is 20.4. The van der Waals surface area contributed by atoms with Gasteiger partial charge in [0.2, 0.25) is 0 Å². The van der Waals surface area contributed by atoms with Crippen molar-refractivity contribution in [3.05, 3.63) is 176 Å². The molecule has 0 bridgehead atoms. The van der Waals surface area contributed by atoms with Crippen LogP contribution < -0.4 is 0 Å². The van der Waals surface area contributed by atoms with E-state index in [1.165, 1.54) is 30.9 Å². The van der Waals surface area contributed by atoms with Crippen molar-refractivity contribution in [2.45, 2.75) is 0 Å². The number of thiophene rings is 1. The van der Waals surface area contributed by atoms with Crippen LogP contribution in [-0.4, -0.2) is 24.3 Å². The fourth-order valence-electron chi connectivity index (χ4n) is 8.81. The van der Waals surface area contributed by atoms with Crippen molar-refractivity contribution in [2.24, 2.45) is 0 Å². The van der Waals surface area contributed by atoms with E-state index in [2.05, 4.69) is 138 Å². The lowest BCUT2D eigenvalue weighted by atomic mass is 9.95. The summed E-state index contributed by atoms with van der Waals surface area (Å²) in [5, 5.41) is 9.24. The Morgan fingerprint density at radius 1 is 0.373 bits per heavy atom. The van der Waals surface area contributed by atoms with Crippen molar-refractivity contribution in [2.75, 3.05) is 0 Å². The van der Waals surface area contributed by atoms with Crippen LogP contribution in [0.4, 0.5) is 0 Å². The average Bonchev–Trinajstić information content (AvgIpc) is 3.99. The Morgan fingerprint density at radius 3 is 1.81 bits per heavy atom. The minimum atomic E-state index is 0.633. The molecule has 0 saturated carbocycles. The molecule has 0 saturated heterocycles. The quantitative estimate of drug-likeness (QED) is 0.167. The molecule has 13 aromatic rings. The lowest BCUT2D eigenvalue weighted by molar-refractivity contribution is 0.666. The second kappa shape index (κ2) is 12.4. The molecule has 0 fully saturated rings. The van der Waals surface area contributed by atoms with E-state index in [4.69, 9.17) is 24.4 Å². The van der Waals surface area contributed by atoms with E-state index in [9.17, 15) is 0 Å². The van der Waals surface area contributed by atoms with Crippen LogP contribution in [0.1, 0.15) is 0 Å². The predicted molar refractivity (Wildman–Crippen MR) is 243 cm³/mol. The average molecular weight is 772 g/mol. The number of aromatic nitrogens is 5. The van der Waals surface area contributed by atoms with Crippen LogP contribution in [0.2, 0.25) is 0 Å². The molecule has 7 heteroatoms. The van der Waals surface area contributed by atoms with E-state index in [1.54, 1.807) is 0 Å². The summed E-state index contributed by atoms with van der Waals surface area (Å²) in [5.41, 5.74) is 9.74. The van der Waals surface area contributed by atoms with Crippen LogP contribution in [0.3, 0.4) is 0 Å². The van der Waals surface area contributed by atoms with Crippen molar-refractivity contribution in [1.82, 2.24) is 24.3 Å². The van der Waals surface area contributed by atoms with Gasteiger partial charge in [-0.15, -0.1) is 11.3 Å². The van der Waals surface area contributed by atoms with Gasteiger partial charge in [-0.05, 0) is 64.4 Å². The third-order valence-corrected chi connectivity index (χ3v) is 12.8. The molecule has 0 N–H and O–H groups in total. The van der Waals surface area contributed by atoms with Gasteiger partial charge >= 0.3 is 0 Å². The van der Waals surface area contributed by atoms with E-state index >= 15 is 0 Å². The van der Waals surface area contributed by atoms with Crippen LogP contribution in [-0.2, 0) is 0 Å². The zero-order valence-corrected chi connectivity index (χ0v) is 32.1. The van der Waals surface area contributed by atoms with Crippen molar-refractivity contribution in [3.8, 4) is 45.3 Å². The van der Waals surface area contributed by atoms with E-state index < -0.39 is 0 Å². The molecule has 0 amide bonds. The van der Waals surface area contributed by atoms with Crippen LogP contribution in [0.5, 0.6) is 0 Å². The van der Waals surface area contributed by atoms with Gasteiger partial charge in [0.25, 0.3) is 0 Å². The van der Waals surface area contributed by atoms with Crippen LogP contribution in [0.15, 0.2) is 180 Å². The molecule has 13 rings (SSSR count). The third kappa shape index (κ3) is 4.98. The molecule has 0 aliphatic carbocycles. The number of hydrogen-bond donors (Lipinski definition) is 0. The highest BCUT2D eigenvalue weighted by Crippen LogP contribution is 2.40. The second-order valence-electron chi connectivity index (χ2n) is 15.1. The number of imidazole rings is 1. The summed E-state index contributed by atoms with van der Waals surface area (Å²) in [5.74, 6) is 1.93. The first kappa shape index (κ1) is 32.4. The summed E-state index contributed by atoms with van der Waals surface area (Å²) in [6.07, 6.45) is 2.10. The predicted octanol–water partition coefficient (Wildman–Crippen LogP) is 13.9. The number of pyridine rings is 1. The van der Waals surface area contributed by atoms with Crippen LogP contribution >= 0.6 is 11.3 Å². The number of para-hydroxylation sites is 1. The molecule has 5 aromatic heterocycles. The van der Waals surface area contributed by atoms with E-state index in [1.807, 2.05) is 53.8 Å². The normalized spacial score (nSPS) is 12.1. The van der Waals surface area contributed by atoms with Gasteiger partial charge in [0.1, 0.15) is 11.2 Å². The van der Waals surface area contributed by atoms with Gasteiger partial charge in [-0.3, -0.25) is 4.40 Å². The first-order valence-electron chi connectivity index (χ1n) is 19.6. The maximum atomic E-state index is 6.32. The van der Waals surface area contributed by atoms with Gasteiger partial charge in [0, 0.05) is 58.4 Å². The minimum Gasteiger partial charge on any atom is -0.455 e. The first-order valence-corrected chi connectivity index (χ1v) is 20.4. The van der Waals surface area contributed by atoms with E-state index in [0.29, 0.717) is 17.5 Å². The van der Waals surface area contributed by atoms with Gasteiger partial charge in [-0.25, -0.2) is 19.9 Å². The maximum Gasteiger partial charge on any atom is 0.164 e. The Bertz CT molecular complexity index is 3850. The molecular formula is C52H29N5OS. The number of nitrogens with zero attached hydrogens (tertiary/aromatic N) is 5. The van der Waals surface area contributed by atoms with Crippen molar-refractivity contribution < 1.29 is 4.42 Å². The standard InChI is InChI=1S/C52H29N5OS/c1-2-10-31(11-3-1)50-54-51(56-52(55-50)34-23-25-46-42(27-34)37-14-7-9-17-45(37)59-46)32-20-18-30(19-21-32)33-22-24-39-40(26-33)35-12-4-5-15-38(35)48-49(39)57-29-44-41(28-47(57)53-48)36-13-6-8-16-43(36)58-44/h1-29H. The molecule has 0 atom stereocenters. The molecule has 5 heterocycles. The molecule has 274 valence electrons. The summed E-state index contributed by atoms with van der Waals surface area (Å²) < 4.78 is 11.0. The van der Waals surface area contributed by atoms with Crippen LogP contribution in [0.25, 0.3) is 126 Å². The fourth-order valence-corrected chi connectivity index (χ4v) is 9.89. The van der Waals surface area contributed by atoms with E-state index in [0.717, 1.165) is 77.2 Å². The Hall–Kier alpha value is -7.74. The third-order valence-electron chi connectivity index (χ3n) is 11.6. The summed E-state index contributed by atoms with van der Waals surface area (Å²) in [6, 6.07) is 59.5. The number of fused-ring (bicyclic) bond motifs is 14. The lowest BCUT2D eigenvalue weighted by Gasteiger charge is -2.11. The lowest BCUT2D eigenvalue weighted by Crippen LogP contribution is -2.00. The van der Waals surface area contributed by atoms with Crippen molar-refractivity contribution >= 4 is 91.7 Å². The molecule has 0 aliphatic rings. The molecule has 6 nitrogen and oxygen atoms in total. The highest BCUT2D eigenvalue weighted by molar-refractivity contribution is 7.25. The SMILES string of the molecule is c1ccc(-c2nc(-c3ccc(-c4ccc5c(c4)c4ccccc4c4nc6cc7c(cn6c54)oc4ccccc47)cc3)nc(-c3ccc4sc5ccccc5c4c3)n2)cc1. The Morgan fingerprint density at radius 2 is 0.983 bits per heavy atom. The summed E-state index contributed by atoms with van der Waals surface area (Å²) >= 11 is 1.81. The minimum absolute atomic E-state index is 0.633. The summed E-state index contributed by atoms with van der Waals surface area (Å²) in [7, 11) is 0. The van der Waals surface area contributed by atoms with Gasteiger partial charge in [-0.1, -0.05) is 127 Å². The molecule has 0 spiro atoms. The van der Waals surface area contributed by atoms with Crippen molar-refractivity contribution in [3.63, 3.8) is 0 Å². The molecule has 0 unspecified atom stereocenters. The molecular weight excluding hydrogens is 743 g/mol. The van der Waals surface area contributed by atoms with E-state index in [-0.39, 0.29) is 0 Å². The highest BCUT2D eigenvalue weighted by atomic mass is 32.1. The number of furan rings is 1. The molecule has 8 aromatic carbocycles. The Balaban J connectivity index is 0.936. The molecule has 0 radical (unpaired) electrons. The zero-order chi connectivity index (χ0) is 38.6. The second-order valence-corrected chi connectivity index (χ2v) is 16.1. The molecule has 0 aliphatic heterocycles. The van der Waals surface area contributed by atoms with Crippen molar-refractivity contribution in [1.29, 1.82) is 0 Å². The zero-order valence-electron chi connectivity index (χ0n) is 31.3. The number of benzene rings is 8. The first-order chi connectivity index (χ1) is 29.2. The van der Waals surface area contributed by atoms with Gasteiger partial charge in [0.05, 0.1) is 17.2 Å². The Kier molecular flexibility index (Phi) is 6.79. The van der Waals surface area contributed by atoms with Gasteiger partial charge in [-0.2, -0.15) is 0 Å². The Labute approximate surface area is 340 Å². The molecule has 59 heavy (non-hydrogen) atoms. The monoisotopic (exact) mass is 771 g/mol. The fraction of sp³-hybridized carbons (Fsp3) is 0. The number of rotatable bonds is 4. The maximum absolute atomic E-state index is 6.32. The number of hydrogen-bond acceptors (Lipinski definition) is 6. The largest absolute Gasteiger partial charge is 0.455 e. The van der Waals surface area contributed by atoms with Gasteiger partial charge in [0.15, 0.2) is 23.1 Å². The topological polar surface area (TPSA) is 69.1 Å². The van der Waals surface area contributed by atoms with Gasteiger partial charge < -0.3 is 4.42 Å². The van der Waals surface area contributed by atoms with Crippen LogP contribution in [0, 0.1) is 0 Å². The highest BCUT2D eigenvalue weighted by Gasteiger charge is 2.19. The summed E-state index contributed by atoms with van der Waals surface area (Å²) in [6.45, 7) is 0. The smallest absolute Gasteiger partial charge is 0.164 e.